The molecule has 1 aromatic carbocycles. The third-order valence-electron chi connectivity index (χ3n) is 7.26. The van der Waals surface area contributed by atoms with Gasteiger partial charge >= 0.3 is 0 Å². The Morgan fingerprint density at radius 3 is 2.74 bits per heavy atom. The number of hydrogen-bond acceptors (Lipinski definition) is 4. The topological polar surface area (TPSA) is 87.0 Å². The number of rotatable bonds is 5. The second-order valence-electron chi connectivity index (χ2n) is 9.42. The quantitative estimate of drug-likeness (QED) is 0.492. The molecule has 3 aromatic rings. The first-order chi connectivity index (χ1) is 16.9. The first kappa shape index (κ1) is 23.6. The third-order valence-corrected chi connectivity index (χ3v) is 7.74. The third kappa shape index (κ3) is 4.13. The number of allylic oxidation sites excluding steroid dienone is 3. The minimum Gasteiger partial charge on any atom is -0.396 e. The van der Waals surface area contributed by atoms with Crippen LogP contribution in [0.1, 0.15) is 42.3 Å². The van der Waals surface area contributed by atoms with Crippen LogP contribution in [0.25, 0.3) is 27.6 Å². The number of carbonyl (C=O) groups excluding carboxylic acids is 1. The van der Waals surface area contributed by atoms with Crippen molar-refractivity contribution >= 4 is 34.0 Å². The highest BCUT2D eigenvalue weighted by Gasteiger charge is 2.29. The summed E-state index contributed by atoms with van der Waals surface area (Å²) >= 11 is 6.95. The lowest BCUT2D eigenvalue weighted by molar-refractivity contribution is -0.127. The number of aromatic nitrogens is 4. The molecule has 1 aliphatic carbocycles. The van der Waals surface area contributed by atoms with Crippen LogP contribution >= 0.6 is 11.6 Å². The number of H-pyrrole nitrogens is 1. The Kier molecular flexibility index (Phi) is 6.38. The second kappa shape index (κ2) is 9.47. The van der Waals surface area contributed by atoms with Gasteiger partial charge in [-0.1, -0.05) is 36.4 Å². The fraction of sp³-hybridized carbons (Fsp3) is 0.370. The van der Waals surface area contributed by atoms with Crippen LogP contribution in [0.15, 0.2) is 43.1 Å². The van der Waals surface area contributed by atoms with Crippen molar-refractivity contribution in [1.29, 1.82) is 0 Å². The van der Waals surface area contributed by atoms with Crippen molar-refractivity contribution in [2.24, 2.45) is 5.92 Å². The summed E-state index contributed by atoms with van der Waals surface area (Å²) in [5.41, 5.74) is 6.81. The fourth-order valence-electron chi connectivity index (χ4n) is 5.26. The molecule has 2 N–H and O–H groups in total. The summed E-state index contributed by atoms with van der Waals surface area (Å²) in [4.78, 5) is 13.9. The molecule has 1 atom stereocenters. The van der Waals surface area contributed by atoms with E-state index in [0.717, 1.165) is 63.8 Å². The average molecular weight is 492 g/mol. The maximum absolute atomic E-state index is 12.1. The van der Waals surface area contributed by atoms with Crippen LogP contribution in [0.5, 0.6) is 0 Å². The maximum atomic E-state index is 12.1. The summed E-state index contributed by atoms with van der Waals surface area (Å²) < 4.78 is 2.12. The minimum absolute atomic E-state index is 0.0214. The number of likely N-dealkylation sites (tertiary alicyclic amines) is 1. The van der Waals surface area contributed by atoms with Crippen LogP contribution in [0.4, 0.5) is 0 Å². The molecule has 2 aromatic heterocycles. The van der Waals surface area contributed by atoms with Gasteiger partial charge in [-0.2, -0.15) is 10.2 Å². The van der Waals surface area contributed by atoms with Crippen molar-refractivity contribution in [3.63, 3.8) is 0 Å². The largest absolute Gasteiger partial charge is 0.396 e. The number of benzene rings is 1. The number of aryl methyl sites for hydroxylation is 1. The molecule has 1 fully saturated rings. The van der Waals surface area contributed by atoms with E-state index in [4.69, 9.17) is 16.7 Å². The first-order valence-electron chi connectivity index (χ1n) is 12.1. The summed E-state index contributed by atoms with van der Waals surface area (Å²) in [6, 6.07) is 2.20. The lowest BCUT2D eigenvalue weighted by Gasteiger charge is -2.32. The first-order valence-corrected chi connectivity index (χ1v) is 12.4. The number of aliphatic hydroxyl groups excluding tert-OH is 1. The summed E-state index contributed by atoms with van der Waals surface area (Å²) in [6.07, 6.45) is 11.9. The number of hydrogen-bond donors (Lipinski definition) is 2. The van der Waals surface area contributed by atoms with Crippen molar-refractivity contribution in [3.8, 4) is 11.1 Å². The van der Waals surface area contributed by atoms with Gasteiger partial charge in [0.25, 0.3) is 0 Å². The number of nitrogens with zero attached hydrogens (tertiary/aromatic N) is 4. The van der Waals surface area contributed by atoms with Crippen LogP contribution in [0, 0.1) is 19.8 Å². The predicted molar refractivity (Wildman–Crippen MR) is 139 cm³/mol. The van der Waals surface area contributed by atoms with E-state index in [9.17, 15) is 9.90 Å². The van der Waals surface area contributed by atoms with Crippen LogP contribution in [-0.2, 0) is 4.79 Å². The van der Waals surface area contributed by atoms with Gasteiger partial charge < -0.3 is 10.0 Å². The molecule has 0 radical (unpaired) electrons. The number of piperidine rings is 1. The Labute approximate surface area is 209 Å². The molecule has 1 unspecified atom stereocenters. The zero-order chi connectivity index (χ0) is 24.7. The number of aliphatic hydroxyl groups is 1. The molecular weight excluding hydrogens is 462 g/mol. The molecule has 182 valence electrons. The molecule has 1 saturated heterocycles. The minimum atomic E-state index is -0.0214. The molecular formula is C27H30ClN5O2. The molecule has 0 spiro atoms. The predicted octanol–water partition coefficient (Wildman–Crippen LogP) is 5.00. The van der Waals surface area contributed by atoms with Crippen molar-refractivity contribution in [3.05, 3.63) is 65.1 Å². The van der Waals surface area contributed by atoms with Gasteiger partial charge in [0, 0.05) is 47.8 Å². The SMILES string of the molecule is C=CC(=O)N1CCC(n2nc(C3=CCC(CO)C=C3)c(-c3c(Cl)c(C)cc4[nH]ncc34)c2C)CC1. The Balaban J connectivity index is 1.64. The molecule has 1 amide bonds. The smallest absolute Gasteiger partial charge is 0.245 e. The highest BCUT2D eigenvalue weighted by Crippen LogP contribution is 2.44. The highest BCUT2D eigenvalue weighted by atomic mass is 35.5. The molecule has 0 saturated carbocycles. The molecule has 2 aliphatic rings. The van der Waals surface area contributed by atoms with Crippen molar-refractivity contribution in [2.45, 2.75) is 39.2 Å². The molecule has 3 heterocycles. The molecule has 1 aliphatic heterocycles. The Morgan fingerprint density at radius 2 is 2.09 bits per heavy atom. The van der Waals surface area contributed by atoms with E-state index < -0.39 is 0 Å². The summed E-state index contributed by atoms with van der Waals surface area (Å²) in [6.45, 7) is 9.20. The number of halogens is 1. The zero-order valence-corrected chi connectivity index (χ0v) is 20.8. The van der Waals surface area contributed by atoms with Gasteiger partial charge in [-0.25, -0.2) is 0 Å². The van der Waals surface area contributed by atoms with Crippen LogP contribution in [0.3, 0.4) is 0 Å². The van der Waals surface area contributed by atoms with Gasteiger partial charge in [0.05, 0.1) is 22.8 Å². The van der Waals surface area contributed by atoms with E-state index in [-0.39, 0.29) is 24.5 Å². The van der Waals surface area contributed by atoms with Gasteiger partial charge in [0.1, 0.15) is 5.69 Å². The maximum Gasteiger partial charge on any atom is 0.245 e. The zero-order valence-electron chi connectivity index (χ0n) is 20.1. The number of amides is 1. The lowest BCUT2D eigenvalue weighted by Crippen LogP contribution is -2.38. The van der Waals surface area contributed by atoms with E-state index in [0.29, 0.717) is 18.1 Å². The van der Waals surface area contributed by atoms with Crippen LogP contribution in [0.2, 0.25) is 5.02 Å². The normalized spacial score (nSPS) is 18.8. The van der Waals surface area contributed by atoms with Crippen molar-refractivity contribution in [2.75, 3.05) is 19.7 Å². The van der Waals surface area contributed by atoms with Crippen LogP contribution in [-0.4, -0.2) is 55.6 Å². The average Bonchev–Trinajstić information content (AvgIpc) is 3.49. The van der Waals surface area contributed by atoms with Crippen molar-refractivity contribution < 1.29 is 9.90 Å². The molecule has 8 heteroatoms. The van der Waals surface area contributed by atoms with E-state index in [2.05, 4.69) is 46.6 Å². The van der Waals surface area contributed by atoms with Gasteiger partial charge in [-0.15, -0.1) is 0 Å². The standard InChI is InChI=1S/C27H30ClN5O2/c1-4-23(35)32-11-9-20(10-12-32)33-17(3)24(27(31-33)19-7-5-18(15-34)6-8-19)25-21-14-29-30-22(21)13-16(2)26(25)28/h4-5,7-8,13-14,18,20,34H,1,6,9-12,15H2,2-3H3,(H,29,30). The Bertz CT molecular complexity index is 1360. The van der Waals surface area contributed by atoms with Gasteiger partial charge in [-0.05, 0) is 56.4 Å². The highest BCUT2D eigenvalue weighted by molar-refractivity contribution is 6.36. The monoisotopic (exact) mass is 491 g/mol. The second-order valence-corrected chi connectivity index (χ2v) is 9.80. The fourth-order valence-corrected chi connectivity index (χ4v) is 5.51. The molecule has 35 heavy (non-hydrogen) atoms. The molecule has 5 rings (SSSR count). The van der Waals surface area contributed by atoms with Gasteiger partial charge in [0.2, 0.25) is 5.91 Å². The number of nitrogens with one attached hydrogen (secondary N) is 1. The van der Waals surface area contributed by atoms with E-state index in [1.54, 1.807) is 0 Å². The molecule has 7 nitrogen and oxygen atoms in total. The lowest BCUT2D eigenvalue weighted by atomic mass is 9.91. The van der Waals surface area contributed by atoms with Gasteiger partial charge in [0.15, 0.2) is 0 Å². The van der Waals surface area contributed by atoms with E-state index in [1.165, 1.54) is 6.08 Å². The molecule has 0 bridgehead atoms. The summed E-state index contributed by atoms with van der Waals surface area (Å²) in [5, 5.41) is 23.8. The Hall–Kier alpha value is -3.16. The van der Waals surface area contributed by atoms with E-state index in [1.807, 2.05) is 24.1 Å². The van der Waals surface area contributed by atoms with E-state index >= 15 is 0 Å². The number of aromatic amines is 1. The number of fused-ring (bicyclic) bond motifs is 1. The van der Waals surface area contributed by atoms with Crippen LogP contribution < -0.4 is 0 Å². The summed E-state index contributed by atoms with van der Waals surface area (Å²) in [7, 11) is 0. The van der Waals surface area contributed by atoms with Gasteiger partial charge in [-0.3, -0.25) is 14.6 Å². The number of carbonyl (C=O) groups is 1. The van der Waals surface area contributed by atoms with Crippen molar-refractivity contribution in [1.82, 2.24) is 24.9 Å². The summed E-state index contributed by atoms with van der Waals surface area (Å²) in [5.74, 6) is 0.104. The Morgan fingerprint density at radius 1 is 1.31 bits per heavy atom.